The molecule has 0 heterocycles. The van der Waals surface area contributed by atoms with Crippen LogP contribution in [0.15, 0.2) is 0 Å². The first-order valence-electron chi connectivity index (χ1n) is 4.94. The Morgan fingerprint density at radius 1 is 1.31 bits per heavy atom. The highest BCUT2D eigenvalue weighted by atomic mass is 19.3. The van der Waals surface area contributed by atoms with Crippen molar-refractivity contribution < 1.29 is 8.78 Å². The summed E-state index contributed by atoms with van der Waals surface area (Å²) in [6, 6.07) is -0.0104. The Balaban J connectivity index is 2.44. The minimum atomic E-state index is -2.44. The molecular weight excluding hydrogens is 172 g/mol. The van der Waals surface area contributed by atoms with Gasteiger partial charge in [-0.1, -0.05) is 0 Å². The zero-order chi connectivity index (χ0) is 10.1. The molecular formula is C10H19F2N. The maximum atomic E-state index is 13.0. The molecule has 1 saturated carbocycles. The van der Waals surface area contributed by atoms with Crippen LogP contribution in [0.1, 0.15) is 46.5 Å². The third-order valence-electron chi connectivity index (χ3n) is 2.28. The van der Waals surface area contributed by atoms with Gasteiger partial charge in [-0.25, -0.2) is 8.78 Å². The highest BCUT2D eigenvalue weighted by Crippen LogP contribution is 2.33. The van der Waals surface area contributed by atoms with Crippen LogP contribution in [0.2, 0.25) is 0 Å². The zero-order valence-electron chi connectivity index (χ0n) is 8.66. The fourth-order valence-corrected chi connectivity index (χ4v) is 1.91. The van der Waals surface area contributed by atoms with E-state index in [0.717, 1.165) is 6.42 Å². The summed E-state index contributed by atoms with van der Waals surface area (Å²) in [5.74, 6) is -2.44. The average molecular weight is 191 g/mol. The number of rotatable bonds is 1. The molecule has 78 valence electrons. The second-order valence-electron chi connectivity index (χ2n) is 5.04. The Hall–Kier alpha value is -0.180. The van der Waals surface area contributed by atoms with Gasteiger partial charge in [-0.3, -0.25) is 0 Å². The molecule has 1 aliphatic rings. The van der Waals surface area contributed by atoms with Crippen LogP contribution < -0.4 is 5.32 Å². The van der Waals surface area contributed by atoms with Gasteiger partial charge in [0.15, 0.2) is 0 Å². The van der Waals surface area contributed by atoms with Crippen molar-refractivity contribution in [3.63, 3.8) is 0 Å². The predicted octanol–water partition coefficient (Wildman–Crippen LogP) is 2.95. The van der Waals surface area contributed by atoms with Crippen molar-refractivity contribution in [2.45, 2.75) is 64.0 Å². The predicted molar refractivity (Wildman–Crippen MR) is 50.1 cm³/mol. The molecule has 0 radical (unpaired) electrons. The summed E-state index contributed by atoms with van der Waals surface area (Å²) in [5, 5.41) is 3.23. The van der Waals surface area contributed by atoms with E-state index in [1.54, 1.807) is 0 Å². The average Bonchev–Trinajstić information content (AvgIpc) is 1.79. The molecule has 0 amide bonds. The second-order valence-corrected chi connectivity index (χ2v) is 5.04. The van der Waals surface area contributed by atoms with E-state index in [1.807, 2.05) is 20.8 Å². The molecule has 0 spiro atoms. The summed E-state index contributed by atoms with van der Waals surface area (Å²) < 4.78 is 26.0. The summed E-state index contributed by atoms with van der Waals surface area (Å²) in [7, 11) is 0. The van der Waals surface area contributed by atoms with Crippen molar-refractivity contribution in [1.82, 2.24) is 5.32 Å². The maximum Gasteiger partial charge on any atom is 0.249 e. The normalized spacial score (nSPS) is 28.8. The zero-order valence-corrected chi connectivity index (χ0v) is 8.66. The van der Waals surface area contributed by atoms with E-state index in [4.69, 9.17) is 0 Å². The fraction of sp³-hybridized carbons (Fsp3) is 1.00. The van der Waals surface area contributed by atoms with Crippen molar-refractivity contribution in [3.05, 3.63) is 0 Å². The Morgan fingerprint density at radius 2 is 1.92 bits per heavy atom. The van der Waals surface area contributed by atoms with Gasteiger partial charge in [-0.05, 0) is 33.6 Å². The van der Waals surface area contributed by atoms with Gasteiger partial charge in [0, 0.05) is 24.4 Å². The van der Waals surface area contributed by atoms with Crippen LogP contribution in [0.3, 0.4) is 0 Å². The fourth-order valence-electron chi connectivity index (χ4n) is 1.91. The van der Waals surface area contributed by atoms with Crippen LogP contribution in [-0.4, -0.2) is 17.5 Å². The minimum absolute atomic E-state index is 0.00424. The first-order chi connectivity index (χ1) is 5.79. The number of alkyl halides is 2. The Bertz CT molecular complexity index is 170. The van der Waals surface area contributed by atoms with E-state index in [2.05, 4.69) is 5.32 Å². The van der Waals surface area contributed by atoms with Gasteiger partial charge < -0.3 is 5.32 Å². The topological polar surface area (TPSA) is 12.0 Å². The van der Waals surface area contributed by atoms with Gasteiger partial charge >= 0.3 is 0 Å². The summed E-state index contributed by atoms with van der Waals surface area (Å²) >= 11 is 0. The van der Waals surface area contributed by atoms with Gasteiger partial charge in [0.1, 0.15) is 0 Å². The second kappa shape index (κ2) is 3.52. The molecule has 1 rings (SSSR count). The molecule has 0 aromatic heterocycles. The van der Waals surface area contributed by atoms with Gasteiger partial charge in [-0.15, -0.1) is 0 Å². The van der Waals surface area contributed by atoms with E-state index in [-0.39, 0.29) is 24.4 Å². The van der Waals surface area contributed by atoms with E-state index < -0.39 is 5.92 Å². The van der Waals surface area contributed by atoms with Crippen molar-refractivity contribution in [2.24, 2.45) is 0 Å². The third kappa shape index (κ3) is 4.03. The van der Waals surface area contributed by atoms with E-state index in [9.17, 15) is 8.78 Å². The van der Waals surface area contributed by atoms with Crippen LogP contribution in [0.25, 0.3) is 0 Å². The molecule has 1 nitrogen and oxygen atoms in total. The molecule has 0 bridgehead atoms. The molecule has 0 saturated heterocycles. The van der Waals surface area contributed by atoms with Crippen molar-refractivity contribution in [1.29, 1.82) is 0 Å². The number of nitrogens with one attached hydrogen (secondary N) is 1. The minimum Gasteiger partial charge on any atom is -0.309 e. The van der Waals surface area contributed by atoms with Gasteiger partial charge in [-0.2, -0.15) is 0 Å². The third-order valence-corrected chi connectivity index (χ3v) is 2.28. The summed E-state index contributed by atoms with van der Waals surface area (Å²) in [6.45, 7) is 6.04. The molecule has 13 heavy (non-hydrogen) atoms. The summed E-state index contributed by atoms with van der Waals surface area (Å²) in [5.41, 5.74) is -0.0575. The van der Waals surface area contributed by atoms with Crippen LogP contribution in [0, 0.1) is 0 Å². The molecule has 1 aliphatic carbocycles. The van der Waals surface area contributed by atoms with Gasteiger partial charge in [0.05, 0.1) is 0 Å². The van der Waals surface area contributed by atoms with Crippen LogP contribution in [0.5, 0.6) is 0 Å². The number of halogens is 2. The Morgan fingerprint density at radius 3 is 2.38 bits per heavy atom. The largest absolute Gasteiger partial charge is 0.309 e. The van der Waals surface area contributed by atoms with E-state index in [1.165, 1.54) is 0 Å². The number of hydrogen-bond donors (Lipinski definition) is 1. The standard InChI is InChI=1S/C10H19F2N/c1-9(2,3)13-8-5-4-6-10(11,12)7-8/h8,13H,4-7H2,1-3H3. The van der Waals surface area contributed by atoms with Crippen LogP contribution in [0.4, 0.5) is 8.78 Å². The lowest BCUT2D eigenvalue weighted by atomic mass is 9.90. The van der Waals surface area contributed by atoms with Gasteiger partial charge in [0.25, 0.3) is 0 Å². The van der Waals surface area contributed by atoms with E-state index >= 15 is 0 Å². The molecule has 1 fully saturated rings. The quantitative estimate of drug-likeness (QED) is 0.672. The summed E-state index contributed by atoms with van der Waals surface area (Å²) in [4.78, 5) is 0. The molecule has 0 aliphatic heterocycles. The highest BCUT2D eigenvalue weighted by Gasteiger charge is 2.37. The van der Waals surface area contributed by atoms with Crippen molar-refractivity contribution in [3.8, 4) is 0 Å². The first-order valence-corrected chi connectivity index (χ1v) is 4.94. The summed E-state index contributed by atoms with van der Waals surface area (Å²) in [6.07, 6.45) is 1.59. The monoisotopic (exact) mass is 191 g/mol. The first kappa shape index (κ1) is 10.9. The SMILES string of the molecule is CC(C)(C)NC1CCCC(F)(F)C1. The molecule has 1 unspecified atom stereocenters. The van der Waals surface area contributed by atoms with Crippen LogP contribution >= 0.6 is 0 Å². The lowest BCUT2D eigenvalue weighted by Gasteiger charge is -2.34. The highest BCUT2D eigenvalue weighted by molar-refractivity contribution is 4.86. The van der Waals surface area contributed by atoms with Crippen molar-refractivity contribution in [2.75, 3.05) is 0 Å². The maximum absolute atomic E-state index is 13.0. The molecule has 1 N–H and O–H groups in total. The number of hydrogen-bond acceptors (Lipinski definition) is 1. The Kier molecular flexibility index (Phi) is 2.95. The smallest absolute Gasteiger partial charge is 0.249 e. The molecule has 0 aromatic carbocycles. The lowest BCUT2D eigenvalue weighted by Crippen LogP contribution is -2.47. The lowest BCUT2D eigenvalue weighted by molar-refractivity contribution is -0.0465. The van der Waals surface area contributed by atoms with Gasteiger partial charge in [0.2, 0.25) is 5.92 Å². The van der Waals surface area contributed by atoms with E-state index in [0.29, 0.717) is 6.42 Å². The van der Waals surface area contributed by atoms with Crippen molar-refractivity contribution >= 4 is 0 Å². The molecule has 3 heteroatoms. The molecule has 1 atom stereocenters. The molecule has 0 aromatic rings. The van der Waals surface area contributed by atoms with Crippen LogP contribution in [-0.2, 0) is 0 Å². The Labute approximate surface area is 78.9 Å².